The van der Waals surface area contributed by atoms with Crippen LogP contribution in [0.1, 0.15) is 23.9 Å². The Morgan fingerprint density at radius 1 is 1.25 bits per heavy atom. The zero-order valence-corrected chi connectivity index (χ0v) is 14.9. The summed E-state index contributed by atoms with van der Waals surface area (Å²) < 4.78 is 33.2. The Bertz CT molecular complexity index is 945. The number of nitrogens with one attached hydrogen (secondary N) is 1. The molecule has 2 aromatic heterocycles. The van der Waals surface area contributed by atoms with Crippen LogP contribution in [0.4, 0.5) is 0 Å². The van der Waals surface area contributed by atoms with Gasteiger partial charge < -0.3 is 4.42 Å². The molecule has 3 aromatic rings. The molecule has 0 saturated carbocycles. The van der Waals surface area contributed by atoms with Crippen molar-refractivity contribution in [2.75, 3.05) is 0 Å². The summed E-state index contributed by atoms with van der Waals surface area (Å²) in [6.07, 6.45) is 0.639. The van der Waals surface area contributed by atoms with Crippen LogP contribution in [0.15, 0.2) is 44.3 Å². The highest BCUT2D eigenvalue weighted by Gasteiger charge is 2.19. The molecule has 1 N–H and O–H groups in total. The molecule has 126 valence electrons. The van der Waals surface area contributed by atoms with Crippen molar-refractivity contribution in [3.8, 4) is 11.5 Å². The highest BCUT2D eigenvalue weighted by Crippen LogP contribution is 2.27. The first-order valence-electron chi connectivity index (χ1n) is 7.45. The van der Waals surface area contributed by atoms with Gasteiger partial charge in [-0.2, -0.15) is 0 Å². The van der Waals surface area contributed by atoms with Crippen LogP contribution in [0.3, 0.4) is 0 Å². The van der Waals surface area contributed by atoms with Crippen LogP contribution < -0.4 is 4.72 Å². The van der Waals surface area contributed by atoms with Gasteiger partial charge in [0, 0.05) is 18.3 Å². The Morgan fingerprint density at radius 2 is 2.04 bits per heavy atom. The van der Waals surface area contributed by atoms with Crippen molar-refractivity contribution in [3.63, 3.8) is 0 Å². The van der Waals surface area contributed by atoms with Gasteiger partial charge in [0.2, 0.25) is 21.8 Å². The van der Waals surface area contributed by atoms with Crippen LogP contribution in [0, 0.1) is 6.92 Å². The Hall–Kier alpha value is -2.03. The number of rotatable bonds is 6. The molecule has 0 saturated heterocycles. The molecular formula is C16H17N3O3S2. The van der Waals surface area contributed by atoms with Crippen molar-refractivity contribution >= 4 is 21.4 Å². The summed E-state index contributed by atoms with van der Waals surface area (Å²) >= 11 is 1.13. The monoisotopic (exact) mass is 363 g/mol. The van der Waals surface area contributed by atoms with E-state index in [2.05, 4.69) is 14.9 Å². The molecule has 0 spiro atoms. The normalized spacial score (nSPS) is 11.8. The fourth-order valence-electron chi connectivity index (χ4n) is 2.14. The maximum atomic E-state index is 12.5. The molecule has 0 aliphatic rings. The summed E-state index contributed by atoms with van der Waals surface area (Å²) in [6.45, 7) is 4.12. The largest absolute Gasteiger partial charge is 0.421 e. The van der Waals surface area contributed by atoms with E-state index in [0.717, 1.165) is 22.5 Å². The molecule has 0 amide bonds. The number of nitrogens with zero attached hydrogens (tertiary/aromatic N) is 2. The molecule has 6 nitrogen and oxygen atoms in total. The maximum Gasteiger partial charge on any atom is 0.250 e. The molecule has 24 heavy (non-hydrogen) atoms. The van der Waals surface area contributed by atoms with Crippen LogP contribution in [0.5, 0.6) is 0 Å². The lowest BCUT2D eigenvalue weighted by Gasteiger charge is -2.07. The molecule has 2 heterocycles. The summed E-state index contributed by atoms with van der Waals surface area (Å²) in [6, 6.07) is 9.22. The van der Waals surface area contributed by atoms with E-state index in [-0.39, 0.29) is 10.8 Å². The predicted octanol–water partition coefficient (Wildman–Crippen LogP) is 3.15. The Balaban J connectivity index is 1.77. The maximum absolute atomic E-state index is 12.5. The first-order chi connectivity index (χ1) is 11.5. The third kappa shape index (κ3) is 3.55. The number of hydrogen-bond donors (Lipinski definition) is 1. The van der Waals surface area contributed by atoms with E-state index in [4.69, 9.17) is 4.42 Å². The zero-order chi connectivity index (χ0) is 17.2. The number of thiophene rings is 1. The zero-order valence-electron chi connectivity index (χ0n) is 13.3. The van der Waals surface area contributed by atoms with Gasteiger partial charge in [-0.15, -0.1) is 21.5 Å². The summed E-state index contributed by atoms with van der Waals surface area (Å²) in [5.41, 5.74) is 2.61. The number of aryl methyl sites for hydroxylation is 2. The van der Waals surface area contributed by atoms with Crippen molar-refractivity contribution in [2.45, 2.75) is 31.0 Å². The van der Waals surface area contributed by atoms with E-state index in [0.29, 0.717) is 23.8 Å². The van der Waals surface area contributed by atoms with E-state index in [1.165, 1.54) is 0 Å². The van der Waals surface area contributed by atoms with Crippen molar-refractivity contribution < 1.29 is 12.8 Å². The molecular weight excluding hydrogens is 346 g/mol. The van der Waals surface area contributed by atoms with E-state index in [1.807, 2.05) is 38.1 Å². The van der Waals surface area contributed by atoms with Gasteiger partial charge in [0.15, 0.2) is 0 Å². The van der Waals surface area contributed by atoms with Crippen LogP contribution in [-0.4, -0.2) is 18.6 Å². The predicted molar refractivity (Wildman–Crippen MR) is 92.2 cm³/mol. The number of aromatic nitrogens is 2. The van der Waals surface area contributed by atoms with Gasteiger partial charge in [-0.05, 0) is 24.1 Å². The molecule has 0 aliphatic heterocycles. The highest BCUT2D eigenvalue weighted by molar-refractivity contribution is 7.91. The van der Waals surface area contributed by atoms with Gasteiger partial charge in [0.25, 0.3) is 0 Å². The van der Waals surface area contributed by atoms with Crippen LogP contribution in [0.2, 0.25) is 0 Å². The molecule has 0 bridgehead atoms. The second-order valence-corrected chi connectivity index (χ2v) is 8.16. The third-order valence-electron chi connectivity index (χ3n) is 3.57. The molecule has 3 rings (SSSR count). The van der Waals surface area contributed by atoms with Crippen molar-refractivity contribution in [1.29, 1.82) is 0 Å². The fourth-order valence-corrected chi connectivity index (χ4v) is 4.34. The lowest BCUT2D eigenvalue weighted by molar-refractivity contribution is 0.513. The minimum absolute atomic E-state index is 0.224. The van der Waals surface area contributed by atoms with Crippen LogP contribution >= 0.6 is 11.3 Å². The summed E-state index contributed by atoms with van der Waals surface area (Å²) in [5, 5.41) is 9.53. The van der Waals surface area contributed by atoms with Gasteiger partial charge >= 0.3 is 0 Å². The first-order valence-corrected chi connectivity index (χ1v) is 9.81. The Labute approximate surface area is 144 Å². The Kier molecular flexibility index (Phi) is 4.79. The van der Waals surface area contributed by atoms with Crippen molar-refractivity contribution in [1.82, 2.24) is 14.9 Å². The summed E-state index contributed by atoms with van der Waals surface area (Å²) in [5.74, 6) is 0.863. The minimum Gasteiger partial charge on any atom is -0.421 e. The quantitative estimate of drug-likeness (QED) is 0.727. The van der Waals surface area contributed by atoms with Gasteiger partial charge in [0.05, 0.1) is 5.56 Å². The smallest absolute Gasteiger partial charge is 0.250 e. The second kappa shape index (κ2) is 6.84. The second-order valence-electron chi connectivity index (χ2n) is 5.26. The molecule has 1 aromatic carbocycles. The van der Waals surface area contributed by atoms with Gasteiger partial charge in [0.1, 0.15) is 4.21 Å². The molecule has 0 unspecified atom stereocenters. The van der Waals surface area contributed by atoms with Gasteiger partial charge in [-0.25, -0.2) is 13.1 Å². The standard InChI is InChI=1S/C16H17N3O3S2/c1-3-14-18-19-16(22-14)13-8-15(23-10-13)24(20,21)17-9-12-7-5-4-6-11(12)2/h4-8,10,17H,3,9H2,1-2H3. The van der Waals surface area contributed by atoms with E-state index < -0.39 is 10.0 Å². The molecule has 0 radical (unpaired) electrons. The fraction of sp³-hybridized carbons (Fsp3) is 0.250. The lowest BCUT2D eigenvalue weighted by Crippen LogP contribution is -2.22. The van der Waals surface area contributed by atoms with E-state index >= 15 is 0 Å². The lowest BCUT2D eigenvalue weighted by atomic mass is 10.1. The van der Waals surface area contributed by atoms with E-state index in [9.17, 15) is 8.42 Å². The number of benzene rings is 1. The van der Waals surface area contributed by atoms with Gasteiger partial charge in [-0.3, -0.25) is 0 Å². The summed E-state index contributed by atoms with van der Waals surface area (Å²) in [7, 11) is -3.58. The SMILES string of the molecule is CCc1nnc(-c2csc(S(=O)(=O)NCc3ccccc3C)c2)o1. The molecule has 0 aliphatic carbocycles. The average molecular weight is 363 g/mol. The minimum atomic E-state index is -3.58. The number of hydrogen-bond acceptors (Lipinski definition) is 6. The van der Waals surface area contributed by atoms with Crippen molar-refractivity contribution in [2.24, 2.45) is 0 Å². The van der Waals surface area contributed by atoms with Crippen LogP contribution in [0.25, 0.3) is 11.5 Å². The molecule has 0 fully saturated rings. The molecule has 8 heteroatoms. The third-order valence-corrected chi connectivity index (χ3v) is 6.41. The topological polar surface area (TPSA) is 85.1 Å². The average Bonchev–Trinajstić information content (AvgIpc) is 3.23. The van der Waals surface area contributed by atoms with Crippen LogP contribution in [-0.2, 0) is 23.0 Å². The van der Waals surface area contributed by atoms with Crippen molar-refractivity contribution in [3.05, 3.63) is 52.7 Å². The molecule has 0 atom stereocenters. The van der Waals surface area contributed by atoms with Gasteiger partial charge in [-0.1, -0.05) is 31.2 Å². The number of sulfonamides is 1. The van der Waals surface area contributed by atoms with E-state index in [1.54, 1.807) is 11.4 Å². The highest BCUT2D eigenvalue weighted by atomic mass is 32.2. The Morgan fingerprint density at radius 3 is 2.75 bits per heavy atom. The first kappa shape index (κ1) is 16.8. The summed E-state index contributed by atoms with van der Waals surface area (Å²) in [4.78, 5) is 0.